The Labute approximate surface area is 91.8 Å². The van der Waals surface area contributed by atoms with Crippen molar-refractivity contribution in [3.8, 4) is 0 Å². The lowest BCUT2D eigenvalue weighted by atomic mass is 9.91. The van der Waals surface area contributed by atoms with Gasteiger partial charge in [-0.3, -0.25) is 4.79 Å². The number of carbonyl (C=O) groups excluding carboxylic acids is 1. The highest BCUT2D eigenvalue weighted by Crippen LogP contribution is 2.25. The molecular formula is C12H22N2O. The van der Waals surface area contributed by atoms with Gasteiger partial charge in [-0.15, -0.1) is 0 Å². The molecule has 2 fully saturated rings. The standard InChI is InChI=1S/C12H22N2O/c13-10-5-7-11(8-6-10)14-12(15)9-3-1-2-4-9/h9-11H,1-8,13H2,(H,14,15). The van der Waals surface area contributed by atoms with E-state index in [1.807, 2.05) is 0 Å². The van der Waals surface area contributed by atoms with Gasteiger partial charge in [0.25, 0.3) is 0 Å². The zero-order valence-electron chi connectivity index (χ0n) is 9.37. The minimum atomic E-state index is 0.299. The van der Waals surface area contributed by atoms with Crippen LogP contribution in [0, 0.1) is 5.92 Å². The molecule has 0 saturated heterocycles. The summed E-state index contributed by atoms with van der Waals surface area (Å²) in [5, 5.41) is 3.19. The molecule has 0 radical (unpaired) electrons. The normalized spacial score (nSPS) is 32.9. The number of rotatable bonds is 2. The zero-order valence-corrected chi connectivity index (χ0v) is 9.37. The molecule has 2 rings (SSSR count). The molecule has 3 nitrogen and oxygen atoms in total. The van der Waals surface area contributed by atoms with Crippen molar-refractivity contribution >= 4 is 5.91 Å². The van der Waals surface area contributed by atoms with Gasteiger partial charge in [0.2, 0.25) is 5.91 Å². The van der Waals surface area contributed by atoms with Crippen LogP contribution < -0.4 is 11.1 Å². The van der Waals surface area contributed by atoms with Gasteiger partial charge in [-0.2, -0.15) is 0 Å². The van der Waals surface area contributed by atoms with Gasteiger partial charge >= 0.3 is 0 Å². The third-order valence-electron chi connectivity index (χ3n) is 3.84. The average Bonchev–Trinajstić information content (AvgIpc) is 2.74. The van der Waals surface area contributed by atoms with E-state index in [-0.39, 0.29) is 0 Å². The molecule has 2 saturated carbocycles. The lowest BCUT2D eigenvalue weighted by Crippen LogP contribution is -2.42. The van der Waals surface area contributed by atoms with Gasteiger partial charge in [-0.1, -0.05) is 12.8 Å². The summed E-state index contributed by atoms with van der Waals surface area (Å²) < 4.78 is 0. The van der Waals surface area contributed by atoms with Crippen LogP contribution in [0.1, 0.15) is 51.4 Å². The van der Waals surface area contributed by atoms with Crippen molar-refractivity contribution in [2.45, 2.75) is 63.5 Å². The minimum Gasteiger partial charge on any atom is -0.353 e. The van der Waals surface area contributed by atoms with Crippen LogP contribution in [0.3, 0.4) is 0 Å². The van der Waals surface area contributed by atoms with Gasteiger partial charge in [0.05, 0.1) is 0 Å². The van der Waals surface area contributed by atoms with E-state index in [0.717, 1.165) is 38.5 Å². The quantitative estimate of drug-likeness (QED) is 0.726. The van der Waals surface area contributed by atoms with E-state index in [2.05, 4.69) is 5.32 Å². The number of carbonyl (C=O) groups is 1. The molecule has 0 aromatic heterocycles. The highest BCUT2D eigenvalue weighted by Gasteiger charge is 2.26. The van der Waals surface area contributed by atoms with Crippen molar-refractivity contribution in [1.29, 1.82) is 0 Å². The Bertz CT molecular complexity index is 216. The molecule has 0 spiro atoms. The predicted molar refractivity (Wildman–Crippen MR) is 60.3 cm³/mol. The summed E-state index contributed by atoms with van der Waals surface area (Å²) in [5.41, 5.74) is 5.84. The lowest BCUT2D eigenvalue weighted by molar-refractivity contribution is -0.125. The van der Waals surface area contributed by atoms with Crippen molar-refractivity contribution in [2.75, 3.05) is 0 Å². The van der Waals surface area contributed by atoms with E-state index < -0.39 is 0 Å². The average molecular weight is 210 g/mol. The van der Waals surface area contributed by atoms with E-state index >= 15 is 0 Å². The van der Waals surface area contributed by atoms with Crippen molar-refractivity contribution in [2.24, 2.45) is 11.7 Å². The monoisotopic (exact) mass is 210 g/mol. The first-order valence-corrected chi connectivity index (χ1v) is 6.31. The van der Waals surface area contributed by atoms with E-state index in [1.54, 1.807) is 0 Å². The van der Waals surface area contributed by atoms with Crippen molar-refractivity contribution in [3.63, 3.8) is 0 Å². The molecule has 3 N–H and O–H groups in total. The lowest BCUT2D eigenvalue weighted by Gasteiger charge is -2.27. The fourth-order valence-corrected chi connectivity index (χ4v) is 2.77. The van der Waals surface area contributed by atoms with E-state index in [1.165, 1.54) is 12.8 Å². The molecule has 0 atom stereocenters. The van der Waals surface area contributed by atoms with Gasteiger partial charge in [0.15, 0.2) is 0 Å². The third kappa shape index (κ3) is 2.94. The van der Waals surface area contributed by atoms with Crippen LogP contribution in [0.25, 0.3) is 0 Å². The molecule has 3 heteroatoms. The molecule has 86 valence electrons. The number of hydrogen-bond acceptors (Lipinski definition) is 2. The Morgan fingerprint density at radius 3 is 2.20 bits per heavy atom. The van der Waals surface area contributed by atoms with Crippen molar-refractivity contribution in [1.82, 2.24) is 5.32 Å². The molecule has 0 aromatic rings. The van der Waals surface area contributed by atoms with Crippen LogP contribution in [0.5, 0.6) is 0 Å². The number of amides is 1. The summed E-state index contributed by atoms with van der Waals surface area (Å²) in [6.45, 7) is 0. The molecule has 1 amide bonds. The highest BCUT2D eigenvalue weighted by molar-refractivity contribution is 5.79. The van der Waals surface area contributed by atoms with Gasteiger partial charge in [-0.05, 0) is 38.5 Å². The summed E-state index contributed by atoms with van der Waals surface area (Å²) in [6.07, 6.45) is 8.92. The van der Waals surface area contributed by atoms with Crippen LogP contribution in [0.2, 0.25) is 0 Å². The van der Waals surface area contributed by atoms with Gasteiger partial charge in [0, 0.05) is 18.0 Å². The van der Waals surface area contributed by atoms with Crippen LogP contribution in [-0.2, 0) is 4.79 Å². The van der Waals surface area contributed by atoms with Crippen LogP contribution >= 0.6 is 0 Å². The molecule has 0 bridgehead atoms. The second-order valence-corrected chi connectivity index (χ2v) is 5.10. The Morgan fingerprint density at radius 1 is 1.00 bits per heavy atom. The Morgan fingerprint density at radius 2 is 1.60 bits per heavy atom. The summed E-state index contributed by atoms with van der Waals surface area (Å²) in [6, 6.07) is 0.766. The fourth-order valence-electron chi connectivity index (χ4n) is 2.77. The number of hydrogen-bond donors (Lipinski definition) is 2. The Kier molecular flexibility index (Phi) is 3.62. The second kappa shape index (κ2) is 4.97. The fraction of sp³-hybridized carbons (Fsp3) is 0.917. The number of nitrogens with two attached hydrogens (primary N) is 1. The maximum absolute atomic E-state index is 11.9. The smallest absolute Gasteiger partial charge is 0.223 e. The second-order valence-electron chi connectivity index (χ2n) is 5.10. The van der Waals surface area contributed by atoms with Crippen LogP contribution in [0.15, 0.2) is 0 Å². The van der Waals surface area contributed by atoms with E-state index in [0.29, 0.717) is 23.9 Å². The summed E-state index contributed by atoms with van der Waals surface area (Å²) >= 11 is 0. The first kappa shape index (κ1) is 10.9. The molecule has 0 aromatic carbocycles. The van der Waals surface area contributed by atoms with Crippen LogP contribution in [0.4, 0.5) is 0 Å². The van der Waals surface area contributed by atoms with Crippen molar-refractivity contribution < 1.29 is 4.79 Å². The van der Waals surface area contributed by atoms with E-state index in [9.17, 15) is 4.79 Å². The van der Waals surface area contributed by atoms with Gasteiger partial charge in [-0.25, -0.2) is 0 Å². The molecule has 15 heavy (non-hydrogen) atoms. The SMILES string of the molecule is NC1CCC(NC(=O)C2CCCC2)CC1. The topological polar surface area (TPSA) is 55.1 Å². The summed E-state index contributed by atoms with van der Waals surface area (Å²) in [5.74, 6) is 0.605. The third-order valence-corrected chi connectivity index (χ3v) is 3.84. The van der Waals surface area contributed by atoms with Gasteiger partial charge in [0.1, 0.15) is 0 Å². The van der Waals surface area contributed by atoms with E-state index in [4.69, 9.17) is 5.73 Å². The maximum atomic E-state index is 11.9. The molecular weight excluding hydrogens is 188 g/mol. The molecule has 0 aliphatic heterocycles. The zero-order chi connectivity index (χ0) is 10.7. The highest BCUT2D eigenvalue weighted by atomic mass is 16.1. The number of nitrogens with one attached hydrogen (secondary N) is 1. The predicted octanol–water partition coefficient (Wildman–Crippen LogP) is 1.56. The first-order chi connectivity index (χ1) is 7.25. The summed E-state index contributed by atoms with van der Waals surface area (Å²) in [7, 11) is 0. The molecule has 2 aliphatic carbocycles. The van der Waals surface area contributed by atoms with Crippen LogP contribution in [-0.4, -0.2) is 18.0 Å². The molecule has 0 unspecified atom stereocenters. The molecule has 2 aliphatic rings. The largest absolute Gasteiger partial charge is 0.353 e. The van der Waals surface area contributed by atoms with Crippen molar-refractivity contribution in [3.05, 3.63) is 0 Å². The Balaban J connectivity index is 1.74. The molecule has 0 heterocycles. The Hall–Kier alpha value is -0.570. The maximum Gasteiger partial charge on any atom is 0.223 e. The minimum absolute atomic E-state index is 0.299. The summed E-state index contributed by atoms with van der Waals surface area (Å²) in [4.78, 5) is 11.9. The first-order valence-electron chi connectivity index (χ1n) is 6.31. The van der Waals surface area contributed by atoms with Gasteiger partial charge < -0.3 is 11.1 Å².